The highest BCUT2D eigenvalue weighted by molar-refractivity contribution is 5.93. The van der Waals surface area contributed by atoms with Gasteiger partial charge in [-0.2, -0.15) is 0 Å². The van der Waals surface area contributed by atoms with Crippen LogP contribution in [0.15, 0.2) is 30.3 Å². The Morgan fingerprint density at radius 1 is 1.28 bits per heavy atom. The Balaban J connectivity index is 2.21. The summed E-state index contributed by atoms with van der Waals surface area (Å²) in [6.45, 7) is 3.08. The van der Waals surface area contributed by atoms with Crippen molar-refractivity contribution in [1.82, 2.24) is 0 Å². The molecule has 1 unspecified atom stereocenters. The molecule has 1 atom stereocenters. The molecule has 100 valence electrons. The summed E-state index contributed by atoms with van der Waals surface area (Å²) >= 11 is 0. The van der Waals surface area contributed by atoms with Crippen LogP contribution in [0.1, 0.15) is 26.2 Å². The lowest BCUT2D eigenvalue weighted by atomic mass is 10.2. The number of ether oxygens (including phenoxy) is 1. The van der Waals surface area contributed by atoms with E-state index in [0.29, 0.717) is 13.2 Å². The quantitative estimate of drug-likeness (QED) is 0.695. The number of carbonyl (C=O) groups is 1. The SMILES string of the molecule is CC(OCCCCCN)C(=O)Nc1ccccc1. The number of rotatable bonds is 8. The molecule has 1 aromatic carbocycles. The van der Waals surface area contributed by atoms with E-state index in [0.717, 1.165) is 24.9 Å². The lowest BCUT2D eigenvalue weighted by Gasteiger charge is -2.13. The number of anilines is 1. The van der Waals surface area contributed by atoms with Gasteiger partial charge in [-0.25, -0.2) is 0 Å². The number of amides is 1. The average Bonchev–Trinajstić information content (AvgIpc) is 2.39. The molecule has 0 aliphatic heterocycles. The molecule has 3 N–H and O–H groups in total. The van der Waals surface area contributed by atoms with Gasteiger partial charge in [0.15, 0.2) is 0 Å². The minimum Gasteiger partial charge on any atom is -0.369 e. The van der Waals surface area contributed by atoms with Crippen molar-refractivity contribution in [2.75, 3.05) is 18.5 Å². The molecule has 0 fully saturated rings. The third-order valence-electron chi connectivity index (χ3n) is 2.63. The number of nitrogens with two attached hydrogens (primary N) is 1. The first-order chi connectivity index (χ1) is 8.74. The van der Waals surface area contributed by atoms with Gasteiger partial charge in [0.25, 0.3) is 5.91 Å². The van der Waals surface area contributed by atoms with E-state index in [1.807, 2.05) is 30.3 Å². The van der Waals surface area contributed by atoms with Crippen LogP contribution in [0, 0.1) is 0 Å². The normalized spacial score (nSPS) is 12.1. The predicted octanol–water partition coefficient (Wildman–Crippen LogP) is 2.16. The third-order valence-corrected chi connectivity index (χ3v) is 2.63. The summed E-state index contributed by atoms with van der Waals surface area (Å²) in [5, 5.41) is 2.81. The van der Waals surface area contributed by atoms with Gasteiger partial charge in [0.05, 0.1) is 0 Å². The minimum atomic E-state index is -0.428. The van der Waals surface area contributed by atoms with Gasteiger partial charge in [0.2, 0.25) is 0 Å². The molecule has 1 amide bonds. The maximum atomic E-state index is 11.8. The van der Waals surface area contributed by atoms with Crippen LogP contribution < -0.4 is 11.1 Å². The summed E-state index contributed by atoms with van der Waals surface area (Å²) in [7, 11) is 0. The Labute approximate surface area is 109 Å². The Bertz CT molecular complexity index is 341. The summed E-state index contributed by atoms with van der Waals surface area (Å²) in [5.74, 6) is -0.111. The molecule has 0 saturated carbocycles. The molecular formula is C14H22N2O2. The van der Waals surface area contributed by atoms with E-state index >= 15 is 0 Å². The Hall–Kier alpha value is -1.39. The van der Waals surface area contributed by atoms with Crippen molar-refractivity contribution in [1.29, 1.82) is 0 Å². The second-order valence-corrected chi connectivity index (χ2v) is 4.22. The molecule has 0 spiro atoms. The maximum absolute atomic E-state index is 11.8. The zero-order valence-electron chi connectivity index (χ0n) is 10.9. The van der Waals surface area contributed by atoms with Crippen LogP contribution in [0.4, 0.5) is 5.69 Å². The van der Waals surface area contributed by atoms with Crippen LogP contribution in [0.2, 0.25) is 0 Å². The van der Waals surface area contributed by atoms with E-state index in [-0.39, 0.29) is 5.91 Å². The first-order valence-electron chi connectivity index (χ1n) is 6.41. The molecule has 4 nitrogen and oxygen atoms in total. The van der Waals surface area contributed by atoms with E-state index in [2.05, 4.69) is 5.32 Å². The monoisotopic (exact) mass is 250 g/mol. The second kappa shape index (κ2) is 8.66. The molecule has 0 radical (unpaired) electrons. The van der Waals surface area contributed by atoms with E-state index < -0.39 is 6.10 Å². The highest BCUT2D eigenvalue weighted by atomic mass is 16.5. The fourth-order valence-electron chi connectivity index (χ4n) is 1.52. The van der Waals surface area contributed by atoms with E-state index in [4.69, 9.17) is 10.5 Å². The Kier molecular flexibility index (Phi) is 7.06. The van der Waals surface area contributed by atoms with Crippen LogP contribution in [0.25, 0.3) is 0 Å². The second-order valence-electron chi connectivity index (χ2n) is 4.22. The Morgan fingerprint density at radius 2 is 2.00 bits per heavy atom. The number of hydrogen-bond acceptors (Lipinski definition) is 3. The highest BCUT2D eigenvalue weighted by Crippen LogP contribution is 2.07. The van der Waals surface area contributed by atoms with Gasteiger partial charge >= 0.3 is 0 Å². The fraction of sp³-hybridized carbons (Fsp3) is 0.500. The summed E-state index contributed by atoms with van der Waals surface area (Å²) in [6, 6.07) is 9.38. The molecule has 0 aliphatic carbocycles. The summed E-state index contributed by atoms with van der Waals surface area (Å²) in [4.78, 5) is 11.8. The summed E-state index contributed by atoms with van der Waals surface area (Å²) < 4.78 is 5.47. The van der Waals surface area contributed by atoms with Crippen LogP contribution in [-0.4, -0.2) is 25.2 Å². The van der Waals surface area contributed by atoms with E-state index in [1.165, 1.54) is 0 Å². The smallest absolute Gasteiger partial charge is 0.253 e. The van der Waals surface area contributed by atoms with Crippen molar-refractivity contribution in [3.8, 4) is 0 Å². The van der Waals surface area contributed by atoms with Crippen molar-refractivity contribution in [3.05, 3.63) is 30.3 Å². The lowest BCUT2D eigenvalue weighted by molar-refractivity contribution is -0.126. The number of unbranched alkanes of at least 4 members (excludes halogenated alkanes) is 2. The van der Waals surface area contributed by atoms with Gasteiger partial charge in [-0.15, -0.1) is 0 Å². The van der Waals surface area contributed by atoms with Gasteiger partial charge < -0.3 is 15.8 Å². The molecule has 4 heteroatoms. The summed E-state index contributed by atoms with van der Waals surface area (Å²) in [5.41, 5.74) is 6.19. The standard InChI is InChI=1S/C14H22N2O2/c1-12(18-11-7-3-6-10-15)14(17)16-13-8-4-2-5-9-13/h2,4-5,8-9,12H,3,6-7,10-11,15H2,1H3,(H,16,17). The first kappa shape index (κ1) is 14.7. The predicted molar refractivity (Wildman–Crippen MR) is 73.4 cm³/mol. The highest BCUT2D eigenvalue weighted by Gasteiger charge is 2.12. The minimum absolute atomic E-state index is 0.111. The van der Waals surface area contributed by atoms with Gasteiger partial charge in [-0.1, -0.05) is 18.2 Å². The zero-order chi connectivity index (χ0) is 13.2. The van der Waals surface area contributed by atoms with Crippen molar-refractivity contribution >= 4 is 11.6 Å². The number of benzene rings is 1. The van der Waals surface area contributed by atoms with Crippen LogP contribution >= 0.6 is 0 Å². The lowest BCUT2D eigenvalue weighted by Crippen LogP contribution is -2.28. The van der Waals surface area contributed by atoms with Gasteiger partial charge in [-0.05, 0) is 44.9 Å². The van der Waals surface area contributed by atoms with Crippen molar-refractivity contribution in [2.24, 2.45) is 5.73 Å². The average molecular weight is 250 g/mol. The summed E-state index contributed by atoms with van der Waals surface area (Å²) in [6.07, 6.45) is 2.57. The molecule has 0 heterocycles. The number of carbonyl (C=O) groups excluding carboxylic acids is 1. The van der Waals surface area contributed by atoms with Gasteiger partial charge in [0.1, 0.15) is 6.10 Å². The Morgan fingerprint density at radius 3 is 2.67 bits per heavy atom. The van der Waals surface area contributed by atoms with Crippen LogP contribution in [0.5, 0.6) is 0 Å². The van der Waals surface area contributed by atoms with Crippen molar-refractivity contribution in [3.63, 3.8) is 0 Å². The van der Waals surface area contributed by atoms with Crippen molar-refractivity contribution < 1.29 is 9.53 Å². The number of hydrogen-bond donors (Lipinski definition) is 2. The molecule has 1 aromatic rings. The molecule has 1 rings (SSSR count). The van der Waals surface area contributed by atoms with E-state index in [9.17, 15) is 4.79 Å². The van der Waals surface area contributed by atoms with Gasteiger partial charge in [0, 0.05) is 12.3 Å². The fourth-order valence-corrected chi connectivity index (χ4v) is 1.52. The topological polar surface area (TPSA) is 64.3 Å². The molecule has 0 aliphatic rings. The first-order valence-corrected chi connectivity index (χ1v) is 6.41. The molecule has 18 heavy (non-hydrogen) atoms. The largest absolute Gasteiger partial charge is 0.369 e. The van der Waals surface area contributed by atoms with Crippen LogP contribution in [0.3, 0.4) is 0 Å². The molecule has 0 saturated heterocycles. The molecule has 0 bridgehead atoms. The molecule has 0 aromatic heterocycles. The maximum Gasteiger partial charge on any atom is 0.253 e. The van der Waals surface area contributed by atoms with Gasteiger partial charge in [-0.3, -0.25) is 4.79 Å². The van der Waals surface area contributed by atoms with Crippen molar-refractivity contribution in [2.45, 2.75) is 32.3 Å². The zero-order valence-corrected chi connectivity index (χ0v) is 10.9. The number of para-hydroxylation sites is 1. The third kappa shape index (κ3) is 5.80. The van der Waals surface area contributed by atoms with E-state index in [1.54, 1.807) is 6.92 Å². The molecular weight excluding hydrogens is 228 g/mol. The van der Waals surface area contributed by atoms with Crippen LogP contribution in [-0.2, 0) is 9.53 Å². The number of nitrogens with one attached hydrogen (secondary N) is 1.